The molecule has 0 saturated carbocycles. The second kappa shape index (κ2) is 28.0. The second-order valence-electron chi connectivity index (χ2n) is 16.3. The Bertz CT molecular complexity index is 2600. The van der Waals surface area contributed by atoms with Crippen LogP contribution >= 0.6 is 0 Å². The highest BCUT2D eigenvalue weighted by Crippen LogP contribution is 2.19. The molecule has 2 N–H and O–H groups in total. The molecule has 71 heavy (non-hydrogen) atoms. The van der Waals surface area contributed by atoms with E-state index in [9.17, 15) is 28.8 Å². The number of hydrogen-bond acceptors (Lipinski definition) is 11. The van der Waals surface area contributed by atoms with Crippen LogP contribution in [0.5, 0.6) is 5.75 Å². The van der Waals surface area contributed by atoms with Gasteiger partial charge in [-0.15, -0.1) is 0 Å². The molecule has 0 aromatic heterocycles. The minimum absolute atomic E-state index is 0.0388. The van der Waals surface area contributed by atoms with Crippen molar-refractivity contribution in [3.05, 3.63) is 220 Å². The van der Waals surface area contributed by atoms with Gasteiger partial charge in [0.1, 0.15) is 43.8 Å². The molecule has 13 nitrogen and oxygen atoms in total. The van der Waals surface area contributed by atoms with Gasteiger partial charge < -0.3 is 34.3 Å². The van der Waals surface area contributed by atoms with Crippen LogP contribution in [0.4, 0.5) is 0 Å². The van der Waals surface area contributed by atoms with Crippen LogP contribution in [0.15, 0.2) is 182 Å². The minimum Gasteiger partial charge on any atom is -0.467 e. The third kappa shape index (κ3) is 17.8. The summed E-state index contributed by atoms with van der Waals surface area (Å²) in [5.41, 5.74) is 4.45. The normalized spacial score (nSPS) is 11.2. The predicted octanol–water partition coefficient (Wildman–Crippen LogP) is 8.84. The summed E-state index contributed by atoms with van der Waals surface area (Å²) < 4.78 is 27.8. The smallest absolute Gasteiger partial charge is 0.359 e. The highest BCUT2D eigenvalue weighted by molar-refractivity contribution is 6.17. The number of carbonyl (C=O) groups excluding carboxylic acids is 6. The molecule has 1 atom stereocenters. The Morgan fingerprint density at radius 1 is 0.507 bits per heavy atom. The Morgan fingerprint density at radius 2 is 0.958 bits per heavy atom. The van der Waals surface area contributed by atoms with Crippen molar-refractivity contribution in [2.75, 3.05) is 6.54 Å². The first-order valence-corrected chi connectivity index (χ1v) is 23.3. The zero-order valence-corrected chi connectivity index (χ0v) is 39.4. The molecule has 364 valence electrons. The number of benzene rings is 6. The summed E-state index contributed by atoms with van der Waals surface area (Å²) in [5, 5.41) is 5.73. The van der Waals surface area contributed by atoms with Crippen LogP contribution in [0, 0.1) is 0 Å². The van der Waals surface area contributed by atoms with Crippen LogP contribution in [0.3, 0.4) is 0 Å². The van der Waals surface area contributed by atoms with Crippen molar-refractivity contribution >= 4 is 47.8 Å². The van der Waals surface area contributed by atoms with E-state index in [-0.39, 0.29) is 50.1 Å². The SMILES string of the molecule is CCCCCNC(=O)C(Cc1ccc(OC(C(=O)OCc2ccccc2)C(=O)OCc2ccccc2)cc1)NC(=O)/C=C/c1ccc(C=C(C(=O)OCc2ccccc2)C(=O)OCc2ccccc2)cc1. The Kier molecular flexibility index (Phi) is 20.5. The van der Waals surface area contributed by atoms with E-state index in [1.807, 2.05) is 48.5 Å². The van der Waals surface area contributed by atoms with E-state index in [0.29, 0.717) is 23.2 Å². The second-order valence-corrected chi connectivity index (χ2v) is 16.3. The predicted molar refractivity (Wildman–Crippen MR) is 267 cm³/mol. The van der Waals surface area contributed by atoms with Crippen LogP contribution in [0.2, 0.25) is 0 Å². The molecule has 0 radical (unpaired) electrons. The van der Waals surface area contributed by atoms with E-state index in [2.05, 4.69) is 17.6 Å². The summed E-state index contributed by atoms with van der Waals surface area (Å²) in [7, 11) is 0. The number of esters is 4. The van der Waals surface area contributed by atoms with Gasteiger partial charge in [0.05, 0.1) is 0 Å². The van der Waals surface area contributed by atoms with Crippen LogP contribution in [-0.4, -0.2) is 54.4 Å². The lowest BCUT2D eigenvalue weighted by Gasteiger charge is -2.19. The summed E-state index contributed by atoms with van der Waals surface area (Å²) in [5.74, 6) is -4.28. The lowest BCUT2D eigenvalue weighted by atomic mass is 10.0. The molecule has 0 aliphatic carbocycles. The molecule has 1 unspecified atom stereocenters. The zero-order valence-electron chi connectivity index (χ0n) is 39.4. The van der Waals surface area contributed by atoms with Crippen molar-refractivity contribution in [3.63, 3.8) is 0 Å². The third-order valence-electron chi connectivity index (χ3n) is 10.7. The quantitative estimate of drug-likeness (QED) is 0.0140. The third-order valence-corrected chi connectivity index (χ3v) is 10.7. The maximum atomic E-state index is 13.5. The van der Waals surface area contributed by atoms with Gasteiger partial charge in [0.2, 0.25) is 11.8 Å². The van der Waals surface area contributed by atoms with Crippen LogP contribution in [0.1, 0.15) is 65.1 Å². The van der Waals surface area contributed by atoms with E-state index in [4.69, 9.17) is 23.7 Å². The molecule has 6 aromatic carbocycles. The number of nitrogens with one attached hydrogen (secondary N) is 2. The van der Waals surface area contributed by atoms with E-state index < -0.39 is 41.9 Å². The maximum Gasteiger partial charge on any atom is 0.359 e. The molecule has 6 rings (SSSR count). The fourth-order valence-electron chi connectivity index (χ4n) is 6.86. The van der Waals surface area contributed by atoms with Gasteiger partial charge in [-0.1, -0.05) is 177 Å². The summed E-state index contributed by atoms with van der Waals surface area (Å²) in [6.45, 7) is 2.25. The van der Waals surface area contributed by atoms with Gasteiger partial charge in [0.25, 0.3) is 6.10 Å². The molecule has 0 fully saturated rings. The van der Waals surface area contributed by atoms with E-state index in [1.165, 1.54) is 12.2 Å². The van der Waals surface area contributed by atoms with Crippen molar-refractivity contribution < 1.29 is 52.5 Å². The van der Waals surface area contributed by atoms with Gasteiger partial charge >= 0.3 is 23.9 Å². The largest absolute Gasteiger partial charge is 0.467 e. The van der Waals surface area contributed by atoms with Crippen molar-refractivity contribution in [1.82, 2.24) is 10.6 Å². The van der Waals surface area contributed by atoms with Crippen molar-refractivity contribution in [2.45, 2.75) is 71.2 Å². The van der Waals surface area contributed by atoms with E-state index >= 15 is 0 Å². The number of rotatable bonds is 25. The highest BCUT2D eigenvalue weighted by Gasteiger charge is 2.33. The van der Waals surface area contributed by atoms with Gasteiger partial charge in [0, 0.05) is 19.0 Å². The molecule has 13 heteroatoms. The average molecular weight is 957 g/mol. The molecular weight excluding hydrogens is 901 g/mol. The van der Waals surface area contributed by atoms with Gasteiger partial charge in [-0.05, 0) is 69.6 Å². The van der Waals surface area contributed by atoms with Crippen molar-refractivity contribution in [1.29, 1.82) is 0 Å². The standard InChI is InChI=1S/C58H56N2O11/c1-2-3-16-35-59-54(62)51(37-44-29-32-49(33-30-44)71-53(57(65)69-40-47-21-12-6-13-22-47)58(66)70-41-48-23-14-7-15-24-48)60-52(61)34-31-42-25-27-43(28-26-42)36-50(55(63)67-38-45-17-8-4-9-18-45)56(64)68-39-46-19-10-5-11-20-46/h4-15,17-34,36,51,53H,2-3,16,35,37-41H2,1H3,(H,59,62)(H,60,61)/b34-31+. The molecule has 0 spiro atoms. The van der Waals surface area contributed by atoms with Gasteiger partial charge in [-0.25, -0.2) is 19.2 Å². The molecule has 0 aliphatic rings. The maximum absolute atomic E-state index is 13.5. The fraction of sp³-hybridized carbons (Fsp3) is 0.207. The van der Waals surface area contributed by atoms with Gasteiger partial charge in [0.15, 0.2) is 0 Å². The van der Waals surface area contributed by atoms with E-state index in [1.54, 1.807) is 127 Å². The number of hydrogen-bond donors (Lipinski definition) is 2. The molecule has 2 amide bonds. The van der Waals surface area contributed by atoms with Crippen LogP contribution in [-0.2, 0) is 80.6 Å². The summed E-state index contributed by atoms with van der Waals surface area (Å²) in [6, 6.07) is 48.5. The van der Waals surface area contributed by atoms with E-state index in [0.717, 1.165) is 41.5 Å². The first-order chi connectivity index (χ1) is 34.6. The first-order valence-electron chi connectivity index (χ1n) is 23.3. The topological polar surface area (TPSA) is 173 Å². The molecule has 0 heterocycles. The summed E-state index contributed by atoms with van der Waals surface area (Å²) in [4.78, 5) is 80.0. The molecule has 0 aliphatic heterocycles. The number of amides is 2. The van der Waals surface area contributed by atoms with Crippen molar-refractivity contribution in [2.24, 2.45) is 0 Å². The first kappa shape index (κ1) is 51.8. The van der Waals surface area contributed by atoms with Crippen molar-refractivity contribution in [3.8, 4) is 5.75 Å². The molecular formula is C58H56N2O11. The number of carbonyl (C=O) groups is 6. The monoisotopic (exact) mass is 956 g/mol. The Morgan fingerprint density at radius 3 is 1.42 bits per heavy atom. The lowest BCUT2D eigenvalue weighted by Crippen LogP contribution is -2.47. The minimum atomic E-state index is -1.73. The number of unbranched alkanes of at least 4 members (excludes halogenated alkanes) is 2. The Balaban J connectivity index is 1.11. The molecule has 0 bridgehead atoms. The lowest BCUT2D eigenvalue weighted by molar-refractivity contribution is -0.168. The van der Waals surface area contributed by atoms with Crippen LogP contribution in [0.25, 0.3) is 12.2 Å². The summed E-state index contributed by atoms with van der Waals surface area (Å²) >= 11 is 0. The molecule has 6 aromatic rings. The van der Waals surface area contributed by atoms with Crippen LogP contribution < -0.4 is 15.4 Å². The summed E-state index contributed by atoms with van der Waals surface area (Å²) in [6.07, 6.45) is 5.31. The fourth-order valence-corrected chi connectivity index (χ4v) is 6.86. The van der Waals surface area contributed by atoms with Gasteiger partial charge in [-0.3, -0.25) is 9.59 Å². The zero-order chi connectivity index (χ0) is 50.0. The van der Waals surface area contributed by atoms with Gasteiger partial charge in [-0.2, -0.15) is 0 Å². The Labute approximate surface area is 413 Å². The average Bonchev–Trinajstić information content (AvgIpc) is 3.41. The Hall–Kier alpha value is -8.58. The molecule has 0 saturated heterocycles. The highest BCUT2D eigenvalue weighted by atomic mass is 16.6. The number of ether oxygens (including phenoxy) is 5.